The van der Waals surface area contributed by atoms with Crippen LogP contribution in [0.5, 0.6) is 17.2 Å². The zero-order chi connectivity index (χ0) is 20.4. The number of nitrogens with zero attached hydrogens (tertiary/aromatic N) is 1. The van der Waals surface area contributed by atoms with Crippen molar-refractivity contribution < 1.29 is 19.0 Å². The van der Waals surface area contributed by atoms with E-state index in [2.05, 4.69) is 10.5 Å². The van der Waals surface area contributed by atoms with Gasteiger partial charge in [-0.05, 0) is 45.4 Å². The van der Waals surface area contributed by atoms with Gasteiger partial charge in [0, 0.05) is 17.7 Å². The molecule has 0 spiro atoms. The molecule has 0 saturated heterocycles. The second-order valence-corrected chi connectivity index (χ2v) is 6.05. The van der Waals surface area contributed by atoms with E-state index in [0.717, 1.165) is 11.3 Å². The highest BCUT2D eigenvalue weighted by Crippen LogP contribution is 2.39. The Hall–Kier alpha value is -3.02. The minimum Gasteiger partial charge on any atom is -0.490 e. The summed E-state index contributed by atoms with van der Waals surface area (Å²) in [6, 6.07) is 13.3. The summed E-state index contributed by atoms with van der Waals surface area (Å²) in [6.45, 7) is 8.88. The first-order chi connectivity index (χ1) is 13.6. The van der Waals surface area contributed by atoms with Crippen molar-refractivity contribution in [3.8, 4) is 17.2 Å². The predicted molar refractivity (Wildman–Crippen MR) is 111 cm³/mol. The third kappa shape index (κ3) is 6.01. The Balaban J connectivity index is 2.20. The number of hydrazone groups is 1. The smallest absolute Gasteiger partial charge is 0.271 e. The molecule has 6 heteroatoms. The highest BCUT2D eigenvalue weighted by atomic mass is 16.5. The van der Waals surface area contributed by atoms with Gasteiger partial charge in [-0.15, -0.1) is 0 Å². The molecule has 0 bridgehead atoms. The third-order valence-corrected chi connectivity index (χ3v) is 3.82. The Morgan fingerprint density at radius 1 is 0.929 bits per heavy atom. The van der Waals surface area contributed by atoms with E-state index in [1.165, 1.54) is 0 Å². The van der Waals surface area contributed by atoms with Gasteiger partial charge in [-0.2, -0.15) is 5.10 Å². The lowest BCUT2D eigenvalue weighted by molar-refractivity contribution is 0.0953. The second kappa shape index (κ2) is 11.0. The lowest BCUT2D eigenvalue weighted by atomic mass is 10.1. The van der Waals surface area contributed by atoms with Crippen molar-refractivity contribution in [3.63, 3.8) is 0 Å². The van der Waals surface area contributed by atoms with E-state index in [4.69, 9.17) is 14.2 Å². The summed E-state index contributed by atoms with van der Waals surface area (Å²) in [5.41, 5.74) is 4.94. The van der Waals surface area contributed by atoms with Crippen LogP contribution in [0, 0.1) is 0 Å². The Labute approximate surface area is 166 Å². The number of hydrogen-bond donors (Lipinski definition) is 1. The summed E-state index contributed by atoms with van der Waals surface area (Å²) in [7, 11) is 0. The Morgan fingerprint density at radius 2 is 1.50 bits per heavy atom. The summed E-state index contributed by atoms with van der Waals surface area (Å²) in [6.07, 6.45) is 0.665. The van der Waals surface area contributed by atoms with Gasteiger partial charge in [-0.1, -0.05) is 30.3 Å². The largest absolute Gasteiger partial charge is 0.490 e. The molecule has 0 aliphatic carbocycles. The van der Waals surface area contributed by atoms with Gasteiger partial charge in [0.05, 0.1) is 19.8 Å². The van der Waals surface area contributed by atoms with Gasteiger partial charge in [-0.3, -0.25) is 4.79 Å². The van der Waals surface area contributed by atoms with Crippen molar-refractivity contribution in [2.45, 2.75) is 34.1 Å². The molecule has 1 N–H and O–H groups in total. The molecule has 6 nitrogen and oxygen atoms in total. The van der Waals surface area contributed by atoms with E-state index in [1.807, 2.05) is 58.0 Å². The standard InChI is InChI=1S/C22H28N2O4/c1-5-26-19-14-18(15-20(27-6-2)21(19)28-7-3)22(25)24-23-16(4)13-17-11-9-8-10-12-17/h8-12,14-15H,5-7,13H2,1-4H3,(H,24,25). The first-order valence-corrected chi connectivity index (χ1v) is 9.52. The Morgan fingerprint density at radius 3 is 2.04 bits per heavy atom. The molecule has 28 heavy (non-hydrogen) atoms. The van der Waals surface area contributed by atoms with Crippen LogP contribution in [0.4, 0.5) is 0 Å². The molecule has 1 amide bonds. The van der Waals surface area contributed by atoms with Gasteiger partial charge >= 0.3 is 0 Å². The maximum absolute atomic E-state index is 12.6. The molecule has 0 aliphatic rings. The molecular weight excluding hydrogens is 356 g/mol. The van der Waals surface area contributed by atoms with Gasteiger partial charge in [0.15, 0.2) is 11.5 Å². The molecule has 0 heterocycles. The van der Waals surface area contributed by atoms with Crippen molar-refractivity contribution in [2.75, 3.05) is 19.8 Å². The molecule has 0 fully saturated rings. The zero-order valence-electron chi connectivity index (χ0n) is 17.0. The summed E-state index contributed by atoms with van der Waals surface area (Å²) in [5, 5.41) is 4.21. The van der Waals surface area contributed by atoms with E-state index in [-0.39, 0.29) is 5.91 Å². The van der Waals surface area contributed by atoms with E-state index in [1.54, 1.807) is 12.1 Å². The normalized spacial score (nSPS) is 11.1. The van der Waals surface area contributed by atoms with Gasteiger partial charge in [-0.25, -0.2) is 5.43 Å². The summed E-state index contributed by atoms with van der Waals surface area (Å²) < 4.78 is 17.0. The summed E-state index contributed by atoms with van der Waals surface area (Å²) in [4.78, 5) is 12.6. The molecule has 0 unspecified atom stereocenters. The van der Waals surface area contributed by atoms with Crippen LogP contribution in [0.2, 0.25) is 0 Å². The first kappa shape index (κ1) is 21.3. The lowest BCUT2D eigenvalue weighted by Crippen LogP contribution is -2.20. The number of benzene rings is 2. The number of carbonyl (C=O) groups excluding carboxylic acids is 1. The molecule has 0 aromatic heterocycles. The quantitative estimate of drug-likeness (QED) is 0.492. The van der Waals surface area contributed by atoms with Crippen molar-refractivity contribution in [3.05, 3.63) is 53.6 Å². The molecule has 0 saturated carbocycles. The topological polar surface area (TPSA) is 69.2 Å². The molecular formula is C22H28N2O4. The van der Waals surface area contributed by atoms with Crippen molar-refractivity contribution in [1.29, 1.82) is 0 Å². The van der Waals surface area contributed by atoms with Gasteiger partial charge in [0.2, 0.25) is 5.75 Å². The van der Waals surface area contributed by atoms with Crippen LogP contribution in [0.3, 0.4) is 0 Å². The second-order valence-electron chi connectivity index (χ2n) is 6.05. The maximum Gasteiger partial charge on any atom is 0.271 e. The fraction of sp³-hybridized carbons (Fsp3) is 0.364. The fourth-order valence-electron chi connectivity index (χ4n) is 2.66. The van der Waals surface area contributed by atoms with E-state index >= 15 is 0 Å². The average molecular weight is 384 g/mol. The number of nitrogens with one attached hydrogen (secondary N) is 1. The SMILES string of the molecule is CCOc1cc(C(=O)NN=C(C)Cc2ccccc2)cc(OCC)c1OCC. The number of amides is 1. The molecule has 0 radical (unpaired) electrons. The first-order valence-electron chi connectivity index (χ1n) is 9.52. The van der Waals surface area contributed by atoms with Crippen LogP contribution in [-0.4, -0.2) is 31.4 Å². The summed E-state index contributed by atoms with van der Waals surface area (Å²) in [5.74, 6) is 1.12. The van der Waals surface area contributed by atoms with Crippen molar-refractivity contribution in [1.82, 2.24) is 5.43 Å². The highest BCUT2D eigenvalue weighted by Gasteiger charge is 2.18. The monoisotopic (exact) mass is 384 g/mol. The lowest BCUT2D eigenvalue weighted by Gasteiger charge is -2.16. The molecule has 2 aromatic rings. The summed E-state index contributed by atoms with van der Waals surface area (Å²) >= 11 is 0. The van der Waals surface area contributed by atoms with E-state index < -0.39 is 0 Å². The number of rotatable bonds is 10. The zero-order valence-corrected chi connectivity index (χ0v) is 17.0. The van der Waals surface area contributed by atoms with Crippen LogP contribution in [0.1, 0.15) is 43.6 Å². The predicted octanol–water partition coefficient (Wildman–Crippen LogP) is 4.23. The van der Waals surface area contributed by atoms with Gasteiger partial charge < -0.3 is 14.2 Å². The Bertz CT molecular complexity index is 776. The molecule has 0 atom stereocenters. The van der Waals surface area contributed by atoms with Crippen LogP contribution in [-0.2, 0) is 6.42 Å². The van der Waals surface area contributed by atoms with E-state index in [0.29, 0.717) is 49.1 Å². The van der Waals surface area contributed by atoms with E-state index in [9.17, 15) is 4.79 Å². The van der Waals surface area contributed by atoms with Crippen LogP contribution in [0.25, 0.3) is 0 Å². The number of hydrogen-bond acceptors (Lipinski definition) is 5. The third-order valence-electron chi connectivity index (χ3n) is 3.82. The van der Waals surface area contributed by atoms with Crippen molar-refractivity contribution >= 4 is 11.6 Å². The van der Waals surface area contributed by atoms with Crippen molar-refractivity contribution in [2.24, 2.45) is 5.10 Å². The average Bonchev–Trinajstić information content (AvgIpc) is 2.69. The Kier molecular flexibility index (Phi) is 8.34. The van der Waals surface area contributed by atoms with Crippen LogP contribution < -0.4 is 19.6 Å². The van der Waals surface area contributed by atoms with Gasteiger partial charge in [0.25, 0.3) is 5.91 Å². The van der Waals surface area contributed by atoms with Crippen LogP contribution >= 0.6 is 0 Å². The van der Waals surface area contributed by atoms with Crippen LogP contribution in [0.15, 0.2) is 47.6 Å². The molecule has 0 aliphatic heterocycles. The minimum atomic E-state index is -0.336. The highest BCUT2D eigenvalue weighted by molar-refractivity contribution is 5.96. The molecule has 2 rings (SSSR count). The van der Waals surface area contributed by atoms with Gasteiger partial charge in [0.1, 0.15) is 0 Å². The number of ether oxygens (including phenoxy) is 3. The molecule has 2 aromatic carbocycles. The minimum absolute atomic E-state index is 0.336. The molecule has 150 valence electrons. The maximum atomic E-state index is 12.6. The fourth-order valence-corrected chi connectivity index (χ4v) is 2.66. The number of carbonyl (C=O) groups is 1.